The summed E-state index contributed by atoms with van der Waals surface area (Å²) in [6.45, 7) is 2.06. The molecule has 2 aromatic carbocycles. The third-order valence-corrected chi connectivity index (χ3v) is 3.01. The second-order valence-corrected chi connectivity index (χ2v) is 4.45. The molecule has 0 heterocycles. The minimum absolute atomic E-state index is 0.408. The van der Waals surface area contributed by atoms with Crippen LogP contribution in [0.25, 0.3) is 0 Å². The first kappa shape index (κ1) is 12.4. The SMILES string of the molecule is Cc1cccc(CCc2ccccc2C(=O)O)c1. The molecule has 0 unspecified atom stereocenters. The second kappa shape index (κ2) is 5.50. The van der Waals surface area contributed by atoms with Crippen molar-refractivity contribution >= 4 is 5.97 Å². The number of aromatic carboxylic acids is 1. The summed E-state index contributed by atoms with van der Waals surface area (Å²) in [5.41, 5.74) is 3.78. The summed E-state index contributed by atoms with van der Waals surface area (Å²) in [6, 6.07) is 15.5. The molecular formula is C16H16O2. The Morgan fingerprint density at radius 1 is 1.06 bits per heavy atom. The van der Waals surface area contributed by atoms with Crippen molar-refractivity contribution in [3.05, 3.63) is 70.8 Å². The van der Waals surface area contributed by atoms with Crippen molar-refractivity contribution in [2.75, 3.05) is 0 Å². The van der Waals surface area contributed by atoms with E-state index in [0.29, 0.717) is 5.56 Å². The van der Waals surface area contributed by atoms with Gasteiger partial charge in [-0.25, -0.2) is 4.79 Å². The number of carbonyl (C=O) groups is 1. The summed E-state index contributed by atoms with van der Waals surface area (Å²) in [7, 11) is 0. The number of hydrogen-bond donors (Lipinski definition) is 1. The maximum Gasteiger partial charge on any atom is 0.335 e. The molecule has 18 heavy (non-hydrogen) atoms. The van der Waals surface area contributed by atoms with E-state index in [2.05, 4.69) is 25.1 Å². The molecule has 92 valence electrons. The molecular weight excluding hydrogens is 224 g/mol. The van der Waals surface area contributed by atoms with Gasteiger partial charge < -0.3 is 5.11 Å². The van der Waals surface area contributed by atoms with Gasteiger partial charge in [-0.15, -0.1) is 0 Å². The molecule has 0 fully saturated rings. The lowest BCUT2D eigenvalue weighted by atomic mass is 9.99. The van der Waals surface area contributed by atoms with Gasteiger partial charge in [0.25, 0.3) is 0 Å². The summed E-state index contributed by atoms with van der Waals surface area (Å²) in [4.78, 5) is 11.1. The molecule has 0 aliphatic rings. The van der Waals surface area contributed by atoms with Crippen LogP contribution in [0.5, 0.6) is 0 Å². The predicted molar refractivity (Wildman–Crippen MR) is 72.0 cm³/mol. The Labute approximate surface area is 107 Å². The smallest absolute Gasteiger partial charge is 0.335 e. The first-order chi connectivity index (χ1) is 8.66. The highest BCUT2D eigenvalue weighted by molar-refractivity contribution is 5.89. The first-order valence-corrected chi connectivity index (χ1v) is 6.03. The Hall–Kier alpha value is -2.09. The van der Waals surface area contributed by atoms with Crippen molar-refractivity contribution in [3.8, 4) is 0 Å². The minimum Gasteiger partial charge on any atom is -0.478 e. The third kappa shape index (κ3) is 2.98. The number of carboxylic acid groups (broad SMARTS) is 1. The fraction of sp³-hybridized carbons (Fsp3) is 0.188. The van der Waals surface area contributed by atoms with E-state index in [0.717, 1.165) is 18.4 Å². The molecule has 0 aliphatic heterocycles. The fourth-order valence-electron chi connectivity index (χ4n) is 2.09. The lowest BCUT2D eigenvalue weighted by molar-refractivity contribution is 0.0695. The van der Waals surface area contributed by atoms with E-state index in [1.807, 2.05) is 18.2 Å². The molecule has 0 spiro atoms. The van der Waals surface area contributed by atoms with Crippen molar-refractivity contribution in [2.24, 2.45) is 0 Å². The highest BCUT2D eigenvalue weighted by atomic mass is 16.4. The van der Waals surface area contributed by atoms with Gasteiger partial charge in [0.2, 0.25) is 0 Å². The van der Waals surface area contributed by atoms with Crippen LogP contribution in [-0.2, 0) is 12.8 Å². The maximum absolute atomic E-state index is 11.1. The Kier molecular flexibility index (Phi) is 3.78. The van der Waals surface area contributed by atoms with Crippen LogP contribution in [0.3, 0.4) is 0 Å². The van der Waals surface area contributed by atoms with Gasteiger partial charge >= 0.3 is 5.97 Å². The topological polar surface area (TPSA) is 37.3 Å². The largest absolute Gasteiger partial charge is 0.478 e. The van der Waals surface area contributed by atoms with Gasteiger partial charge in [-0.05, 0) is 37.0 Å². The number of carboxylic acids is 1. The van der Waals surface area contributed by atoms with Gasteiger partial charge in [0.1, 0.15) is 0 Å². The summed E-state index contributed by atoms with van der Waals surface area (Å²) < 4.78 is 0. The molecule has 0 aromatic heterocycles. The molecule has 0 saturated carbocycles. The van der Waals surface area contributed by atoms with Crippen LogP contribution in [0.1, 0.15) is 27.0 Å². The van der Waals surface area contributed by atoms with E-state index < -0.39 is 5.97 Å². The van der Waals surface area contributed by atoms with E-state index in [-0.39, 0.29) is 0 Å². The highest BCUT2D eigenvalue weighted by Gasteiger charge is 2.08. The van der Waals surface area contributed by atoms with Gasteiger partial charge in [0, 0.05) is 0 Å². The van der Waals surface area contributed by atoms with E-state index in [9.17, 15) is 4.79 Å². The highest BCUT2D eigenvalue weighted by Crippen LogP contribution is 2.13. The molecule has 0 bridgehead atoms. The molecule has 2 rings (SSSR count). The number of hydrogen-bond acceptors (Lipinski definition) is 1. The van der Waals surface area contributed by atoms with Crippen LogP contribution in [0.15, 0.2) is 48.5 Å². The number of aryl methyl sites for hydroxylation is 3. The normalized spacial score (nSPS) is 10.3. The van der Waals surface area contributed by atoms with Gasteiger partial charge in [0.15, 0.2) is 0 Å². The van der Waals surface area contributed by atoms with Crippen LogP contribution in [-0.4, -0.2) is 11.1 Å². The molecule has 2 nitrogen and oxygen atoms in total. The Bertz CT molecular complexity index is 559. The van der Waals surface area contributed by atoms with Gasteiger partial charge in [-0.1, -0.05) is 48.0 Å². The molecule has 1 N–H and O–H groups in total. The maximum atomic E-state index is 11.1. The fourth-order valence-corrected chi connectivity index (χ4v) is 2.09. The zero-order chi connectivity index (χ0) is 13.0. The zero-order valence-corrected chi connectivity index (χ0v) is 10.4. The van der Waals surface area contributed by atoms with Crippen molar-refractivity contribution in [2.45, 2.75) is 19.8 Å². The molecule has 2 aromatic rings. The lowest BCUT2D eigenvalue weighted by Crippen LogP contribution is -2.03. The summed E-state index contributed by atoms with van der Waals surface area (Å²) >= 11 is 0. The van der Waals surface area contributed by atoms with E-state index >= 15 is 0 Å². The molecule has 0 atom stereocenters. The van der Waals surface area contributed by atoms with Gasteiger partial charge in [-0.2, -0.15) is 0 Å². The monoisotopic (exact) mass is 240 g/mol. The number of rotatable bonds is 4. The van der Waals surface area contributed by atoms with Crippen LogP contribution in [0.4, 0.5) is 0 Å². The summed E-state index contributed by atoms with van der Waals surface area (Å²) in [5.74, 6) is -0.852. The van der Waals surface area contributed by atoms with Crippen LogP contribution >= 0.6 is 0 Å². The Morgan fingerprint density at radius 3 is 2.56 bits per heavy atom. The van der Waals surface area contributed by atoms with Crippen molar-refractivity contribution in [1.29, 1.82) is 0 Å². The minimum atomic E-state index is -0.852. The van der Waals surface area contributed by atoms with Crippen molar-refractivity contribution in [3.63, 3.8) is 0 Å². The first-order valence-electron chi connectivity index (χ1n) is 6.03. The third-order valence-electron chi connectivity index (χ3n) is 3.01. The zero-order valence-electron chi connectivity index (χ0n) is 10.4. The molecule has 2 heteroatoms. The molecule has 0 radical (unpaired) electrons. The molecule has 0 saturated heterocycles. The Morgan fingerprint density at radius 2 is 1.83 bits per heavy atom. The van der Waals surface area contributed by atoms with Crippen molar-refractivity contribution < 1.29 is 9.90 Å². The lowest BCUT2D eigenvalue weighted by Gasteiger charge is -2.06. The predicted octanol–water partition coefficient (Wildman–Crippen LogP) is 3.48. The second-order valence-electron chi connectivity index (χ2n) is 4.45. The summed E-state index contributed by atoms with van der Waals surface area (Å²) in [6.07, 6.45) is 1.62. The number of benzene rings is 2. The van der Waals surface area contributed by atoms with Gasteiger partial charge in [0.05, 0.1) is 5.56 Å². The summed E-state index contributed by atoms with van der Waals surface area (Å²) in [5, 5.41) is 9.11. The van der Waals surface area contributed by atoms with E-state index in [1.165, 1.54) is 11.1 Å². The quantitative estimate of drug-likeness (QED) is 0.888. The van der Waals surface area contributed by atoms with Crippen LogP contribution < -0.4 is 0 Å². The van der Waals surface area contributed by atoms with E-state index in [4.69, 9.17) is 5.11 Å². The van der Waals surface area contributed by atoms with E-state index in [1.54, 1.807) is 12.1 Å². The van der Waals surface area contributed by atoms with Crippen LogP contribution in [0.2, 0.25) is 0 Å². The van der Waals surface area contributed by atoms with Crippen molar-refractivity contribution in [1.82, 2.24) is 0 Å². The molecule has 0 aliphatic carbocycles. The average molecular weight is 240 g/mol. The van der Waals surface area contributed by atoms with Gasteiger partial charge in [-0.3, -0.25) is 0 Å². The Balaban J connectivity index is 2.13. The average Bonchev–Trinajstić information content (AvgIpc) is 2.37. The standard InChI is InChI=1S/C16H16O2/c1-12-5-4-6-13(11-12)9-10-14-7-2-3-8-15(14)16(17)18/h2-8,11H,9-10H2,1H3,(H,17,18). The molecule has 0 amide bonds. The van der Waals surface area contributed by atoms with Crippen LogP contribution in [0, 0.1) is 6.92 Å².